The van der Waals surface area contributed by atoms with Crippen molar-refractivity contribution in [3.8, 4) is 0 Å². The summed E-state index contributed by atoms with van der Waals surface area (Å²) in [6.45, 7) is 0. The van der Waals surface area contributed by atoms with Gasteiger partial charge in [0.05, 0.1) is 5.52 Å². The zero-order valence-electron chi connectivity index (χ0n) is 8.52. The molecular weight excluding hydrogens is 194 g/mol. The summed E-state index contributed by atoms with van der Waals surface area (Å²) >= 11 is 0. The molecule has 0 bridgehead atoms. The zero-order valence-corrected chi connectivity index (χ0v) is 8.52. The van der Waals surface area contributed by atoms with E-state index in [9.17, 15) is 4.79 Å². The number of hydrogen-bond donors (Lipinski definition) is 1. The Labute approximate surface area is 85.8 Å². The Hall–Kier alpha value is -2.04. The number of benzene rings is 1. The molecule has 5 heteroatoms. The van der Waals surface area contributed by atoms with Crippen molar-refractivity contribution in [1.82, 2.24) is 4.57 Å². The molecular formula is C10H11N3O2. The number of rotatable bonds is 1. The van der Waals surface area contributed by atoms with E-state index in [2.05, 4.69) is 4.99 Å². The first-order valence-electron chi connectivity index (χ1n) is 4.45. The Kier molecular flexibility index (Phi) is 2.07. The van der Waals surface area contributed by atoms with Crippen LogP contribution in [0.5, 0.6) is 0 Å². The van der Waals surface area contributed by atoms with Crippen molar-refractivity contribution in [2.75, 3.05) is 7.05 Å². The average molecular weight is 205 g/mol. The third-order valence-electron chi connectivity index (χ3n) is 2.33. The predicted octanol–water partition coefficient (Wildman–Crippen LogP) is 0.467. The van der Waals surface area contributed by atoms with Gasteiger partial charge >= 0.3 is 5.76 Å². The number of aryl methyl sites for hydroxylation is 1. The topological polar surface area (TPSA) is 73.5 Å². The van der Waals surface area contributed by atoms with E-state index in [4.69, 9.17) is 10.2 Å². The van der Waals surface area contributed by atoms with Crippen LogP contribution in [-0.2, 0) is 7.05 Å². The third-order valence-corrected chi connectivity index (χ3v) is 2.33. The maximum atomic E-state index is 11.2. The van der Waals surface area contributed by atoms with E-state index in [-0.39, 0.29) is 5.76 Å². The summed E-state index contributed by atoms with van der Waals surface area (Å²) in [4.78, 5) is 15.1. The molecule has 1 heterocycles. The van der Waals surface area contributed by atoms with Crippen molar-refractivity contribution >= 4 is 16.9 Å². The van der Waals surface area contributed by atoms with Crippen LogP contribution < -0.4 is 11.5 Å². The number of oxazole rings is 1. The predicted molar refractivity (Wildman–Crippen MR) is 58.1 cm³/mol. The molecule has 1 aromatic carbocycles. The van der Waals surface area contributed by atoms with Gasteiger partial charge in [-0.3, -0.25) is 9.56 Å². The fourth-order valence-corrected chi connectivity index (χ4v) is 1.42. The van der Waals surface area contributed by atoms with Gasteiger partial charge in [0.15, 0.2) is 5.58 Å². The summed E-state index contributed by atoms with van der Waals surface area (Å²) < 4.78 is 6.47. The first-order valence-corrected chi connectivity index (χ1v) is 4.45. The maximum Gasteiger partial charge on any atom is 0.419 e. The molecule has 2 rings (SSSR count). The average Bonchev–Trinajstić information content (AvgIpc) is 2.53. The molecule has 0 fully saturated rings. The standard InChI is InChI=1S/C10H11N3O2/c1-12-9(11)6-3-4-7-8(5-6)15-10(14)13(7)2/h3-5H,1-2H3,(H2,11,12). The van der Waals surface area contributed by atoms with Crippen LogP contribution in [0, 0.1) is 0 Å². The van der Waals surface area contributed by atoms with Gasteiger partial charge in [-0.05, 0) is 18.2 Å². The summed E-state index contributed by atoms with van der Waals surface area (Å²) in [7, 11) is 3.27. The van der Waals surface area contributed by atoms with Gasteiger partial charge in [0.25, 0.3) is 0 Å². The lowest BCUT2D eigenvalue weighted by atomic mass is 10.2. The Bertz CT molecular complexity index is 592. The van der Waals surface area contributed by atoms with Gasteiger partial charge in [-0.2, -0.15) is 0 Å². The highest BCUT2D eigenvalue weighted by Crippen LogP contribution is 2.13. The molecule has 1 aromatic heterocycles. The van der Waals surface area contributed by atoms with E-state index < -0.39 is 0 Å². The lowest BCUT2D eigenvalue weighted by Gasteiger charge is -1.98. The minimum atomic E-state index is -0.380. The van der Waals surface area contributed by atoms with Crippen LogP contribution in [0.4, 0.5) is 0 Å². The van der Waals surface area contributed by atoms with Crippen molar-refractivity contribution in [3.05, 3.63) is 34.3 Å². The number of aliphatic imine (C=N–C) groups is 1. The highest BCUT2D eigenvalue weighted by molar-refractivity contribution is 5.99. The Balaban J connectivity index is 2.72. The third kappa shape index (κ3) is 1.41. The molecule has 2 aromatic rings. The van der Waals surface area contributed by atoms with Crippen LogP contribution in [-0.4, -0.2) is 17.5 Å². The molecule has 0 aliphatic rings. The van der Waals surface area contributed by atoms with E-state index in [1.807, 2.05) is 0 Å². The van der Waals surface area contributed by atoms with Gasteiger partial charge in [0, 0.05) is 19.7 Å². The Morgan fingerprint density at radius 3 is 2.93 bits per heavy atom. The second-order valence-corrected chi connectivity index (χ2v) is 3.22. The van der Waals surface area contributed by atoms with Crippen molar-refractivity contribution in [2.24, 2.45) is 17.8 Å². The van der Waals surface area contributed by atoms with Crippen LogP contribution in [0.25, 0.3) is 11.1 Å². The minimum absolute atomic E-state index is 0.380. The molecule has 0 amide bonds. The van der Waals surface area contributed by atoms with Crippen LogP contribution in [0.15, 0.2) is 32.4 Å². The SMILES string of the molecule is CN=C(N)c1ccc2c(c1)oc(=O)n2C. The Morgan fingerprint density at radius 1 is 1.53 bits per heavy atom. The molecule has 15 heavy (non-hydrogen) atoms. The number of hydrogen-bond acceptors (Lipinski definition) is 3. The van der Waals surface area contributed by atoms with Gasteiger partial charge in [0.1, 0.15) is 5.84 Å². The van der Waals surface area contributed by atoms with E-state index in [0.29, 0.717) is 11.4 Å². The monoisotopic (exact) mass is 205 g/mol. The van der Waals surface area contributed by atoms with E-state index in [0.717, 1.165) is 11.1 Å². The smallest absolute Gasteiger partial charge is 0.408 e. The second kappa shape index (κ2) is 3.27. The molecule has 2 N–H and O–H groups in total. The first kappa shape index (κ1) is 9.51. The van der Waals surface area contributed by atoms with E-state index in [1.165, 1.54) is 4.57 Å². The zero-order chi connectivity index (χ0) is 11.0. The highest BCUT2D eigenvalue weighted by Gasteiger charge is 2.07. The Morgan fingerprint density at radius 2 is 2.27 bits per heavy atom. The molecule has 78 valence electrons. The lowest BCUT2D eigenvalue weighted by molar-refractivity contribution is 0.528. The van der Waals surface area contributed by atoms with Gasteiger partial charge < -0.3 is 10.2 Å². The number of amidine groups is 1. The van der Waals surface area contributed by atoms with Crippen molar-refractivity contribution in [2.45, 2.75) is 0 Å². The summed E-state index contributed by atoms with van der Waals surface area (Å²) in [5, 5.41) is 0. The lowest BCUT2D eigenvalue weighted by Crippen LogP contribution is -2.12. The summed E-state index contributed by atoms with van der Waals surface area (Å²) in [6.07, 6.45) is 0. The summed E-state index contributed by atoms with van der Waals surface area (Å²) in [5.41, 5.74) is 7.67. The first-order chi connectivity index (χ1) is 7.13. The highest BCUT2D eigenvalue weighted by atomic mass is 16.4. The summed E-state index contributed by atoms with van der Waals surface area (Å²) in [6, 6.07) is 5.30. The fraction of sp³-hybridized carbons (Fsp3) is 0.200. The molecule has 0 spiro atoms. The largest absolute Gasteiger partial charge is 0.419 e. The van der Waals surface area contributed by atoms with Crippen molar-refractivity contribution in [1.29, 1.82) is 0 Å². The van der Waals surface area contributed by atoms with Gasteiger partial charge in [-0.25, -0.2) is 4.79 Å². The van der Waals surface area contributed by atoms with Crippen molar-refractivity contribution in [3.63, 3.8) is 0 Å². The number of aromatic nitrogens is 1. The minimum Gasteiger partial charge on any atom is -0.408 e. The maximum absolute atomic E-state index is 11.2. The number of fused-ring (bicyclic) bond motifs is 1. The molecule has 0 saturated carbocycles. The van der Waals surface area contributed by atoms with E-state index >= 15 is 0 Å². The molecule has 0 atom stereocenters. The quantitative estimate of drug-likeness (QED) is 0.543. The van der Waals surface area contributed by atoms with Crippen LogP contribution in [0.3, 0.4) is 0 Å². The van der Waals surface area contributed by atoms with Gasteiger partial charge in [0.2, 0.25) is 0 Å². The molecule has 0 radical (unpaired) electrons. The number of nitrogens with two attached hydrogens (primary N) is 1. The normalized spacial score (nSPS) is 12.3. The van der Waals surface area contributed by atoms with Crippen LogP contribution >= 0.6 is 0 Å². The molecule has 5 nitrogen and oxygen atoms in total. The van der Waals surface area contributed by atoms with Gasteiger partial charge in [-0.15, -0.1) is 0 Å². The fourth-order valence-electron chi connectivity index (χ4n) is 1.42. The second-order valence-electron chi connectivity index (χ2n) is 3.22. The summed E-state index contributed by atoms with van der Waals surface area (Å²) in [5.74, 6) is 0.0394. The van der Waals surface area contributed by atoms with E-state index in [1.54, 1.807) is 32.3 Å². The van der Waals surface area contributed by atoms with Crippen LogP contribution in [0.1, 0.15) is 5.56 Å². The number of nitrogens with zero attached hydrogens (tertiary/aromatic N) is 2. The molecule has 0 aliphatic heterocycles. The molecule has 0 aliphatic carbocycles. The molecule has 0 saturated heterocycles. The van der Waals surface area contributed by atoms with Gasteiger partial charge in [-0.1, -0.05) is 0 Å². The molecule has 0 unspecified atom stereocenters. The van der Waals surface area contributed by atoms with Crippen molar-refractivity contribution < 1.29 is 4.42 Å². The van der Waals surface area contributed by atoms with Crippen LogP contribution in [0.2, 0.25) is 0 Å².